The fraction of sp³-hybridized carbons (Fsp3) is 0.267. The zero-order chi connectivity index (χ0) is 13.5. The van der Waals surface area contributed by atoms with Gasteiger partial charge < -0.3 is 14.8 Å². The van der Waals surface area contributed by atoms with E-state index in [1.54, 1.807) is 13.3 Å². The first-order valence-electron chi connectivity index (χ1n) is 6.27. The van der Waals surface area contributed by atoms with Crippen LogP contribution in [0.1, 0.15) is 12.5 Å². The molecule has 0 spiro atoms. The van der Waals surface area contributed by atoms with Crippen LogP contribution in [0.25, 0.3) is 0 Å². The van der Waals surface area contributed by atoms with Gasteiger partial charge in [-0.2, -0.15) is 0 Å². The van der Waals surface area contributed by atoms with Crippen molar-refractivity contribution in [2.75, 3.05) is 19.0 Å². The van der Waals surface area contributed by atoms with E-state index < -0.39 is 0 Å². The Hall–Kier alpha value is -2.23. The molecule has 4 heteroatoms. The molecule has 2 rings (SSSR count). The highest BCUT2D eigenvalue weighted by atomic mass is 16.5. The lowest BCUT2D eigenvalue weighted by molar-refractivity contribution is 0.311. The van der Waals surface area contributed by atoms with Gasteiger partial charge >= 0.3 is 0 Å². The number of hydrogen-bond acceptors (Lipinski definition) is 4. The molecule has 0 aliphatic rings. The smallest absolute Gasteiger partial charge is 0.163 e. The van der Waals surface area contributed by atoms with Crippen LogP contribution < -0.4 is 14.8 Å². The lowest BCUT2D eigenvalue weighted by Crippen LogP contribution is -2.01. The third-order valence-electron chi connectivity index (χ3n) is 2.68. The van der Waals surface area contributed by atoms with E-state index in [1.807, 2.05) is 43.5 Å². The number of nitrogens with one attached hydrogen (secondary N) is 1. The third-order valence-corrected chi connectivity index (χ3v) is 2.68. The summed E-state index contributed by atoms with van der Waals surface area (Å²) in [5.41, 5.74) is 2.13. The SMILES string of the molecule is CCOc1cc(NCc2cccnc2)ccc1OC. The first kappa shape index (κ1) is 13.2. The van der Waals surface area contributed by atoms with Crippen LogP contribution in [0.15, 0.2) is 42.7 Å². The van der Waals surface area contributed by atoms with Crippen molar-refractivity contribution in [1.82, 2.24) is 4.98 Å². The molecule has 0 atom stereocenters. The quantitative estimate of drug-likeness (QED) is 0.864. The van der Waals surface area contributed by atoms with Gasteiger partial charge in [-0.1, -0.05) is 6.07 Å². The van der Waals surface area contributed by atoms with Gasteiger partial charge in [0, 0.05) is 30.7 Å². The Bertz CT molecular complexity index is 515. The summed E-state index contributed by atoms with van der Waals surface area (Å²) in [6.07, 6.45) is 3.62. The van der Waals surface area contributed by atoms with Gasteiger partial charge in [-0.3, -0.25) is 4.98 Å². The molecule has 0 unspecified atom stereocenters. The molecule has 1 aromatic carbocycles. The normalized spacial score (nSPS) is 10.0. The summed E-state index contributed by atoms with van der Waals surface area (Å²) in [5.74, 6) is 1.50. The van der Waals surface area contributed by atoms with Crippen molar-refractivity contribution >= 4 is 5.69 Å². The van der Waals surface area contributed by atoms with Crippen LogP contribution in [0.5, 0.6) is 11.5 Å². The molecule has 0 amide bonds. The first-order chi connectivity index (χ1) is 9.33. The van der Waals surface area contributed by atoms with Crippen molar-refractivity contribution in [2.24, 2.45) is 0 Å². The highest BCUT2D eigenvalue weighted by Gasteiger charge is 2.05. The number of hydrogen-bond donors (Lipinski definition) is 1. The summed E-state index contributed by atoms with van der Waals surface area (Å²) in [6.45, 7) is 3.29. The fourth-order valence-corrected chi connectivity index (χ4v) is 1.76. The minimum absolute atomic E-state index is 0.614. The summed E-state index contributed by atoms with van der Waals surface area (Å²) in [6, 6.07) is 9.77. The Morgan fingerprint density at radius 2 is 2.11 bits per heavy atom. The van der Waals surface area contributed by atoms with Crippen LogP contribution in [0.3, 0.4) is 0 Å². The van der Waals surface area contributed by atoms with Gasteiger partial charge in [0.15, 0.2) is 11.5 Å². The number of aromatic nitrogens is 1. The predicted molar refractivity (Wildman–Crippen MR) is 75.7 cm³/mol. The molecular weight excluding hydrogens is 240 g/mol. The summed E-state index contributed by atoms with van der Waals surface area (Å²) in [4.78, 5) is 4.09. The van der Waals surface area contributed by atoms with Crippen LogP contribution in [0, 0.1) is 0 Å². The number of anilines is 1. The second-order valence-corrected chi connectivity index (χ2v) is 4.01. The van der Waals surface area contributed by atoms with Gasteiger partial charge in [-0.05, 0) is 30.7 Å². The molecule has 1 heterocycles. The monoisotopic (exact) mass is 258 g/mol. The molecule has 1 N–H and O–H groups in total. The van der Waals surface area contributed by atoms with E-state index in [1.165, 1.54) is 0 Å². The molecule has 0 saturated carbocycles. The Kier molecular flexibility index (Phi) is 4.61. The molecule has 0 aliphatic heterocycles. The lowest BCUT2D eigenvalue weighted by atomic mass is 10.2. The first-order valence-corrected chi connectivity index (χ1v) is 6.27. The molecule has 0 radical (unpaired) electrons. The predicted octanol–water partition coefficient (Wildman–Crippen LogP) is 3.10. The largest absolute Gasteiger partial charge is 0.493 e. The van der Waals surface area contributed by atoms with E-state index in [2.05, 4.69) is 10.3 Å². The minimum atomic E-state index is 0.614. The van der Waals surface area contributed by atoms with E-state index in [-0.39, 0.29) is 0 Å². The molecule has 0 saturated heterocycles. The lowest BCUT2D eigenvalue weighted by Gasteiger charge is -2.12. The summed E-state index contributed by atoms with van der Waals surface area (Å²) < 4.78 is 10.8. The van der Waals surface area contributed by atoms with E-state index in [4.69, 9.17) is 9.47 Å². The van der Waals surface area contributed by atoms with Gasteiger partial charge in [-0.15, -0.1) is 0 Å². The fourth-order valence-electron chi connectivity index (χ4n) is 1.76. The highest BCUT2D eigenvalue weighted by molar-refractivity contribution is 5.54. The van der Waals surface area contributed by atoms with E-state index in [0.29, 0.717) is 6.61 Å². The number of pyridine rings is 1. The Balaban J connectivity index is 2.06. The van der Waals surface area contributed by atoms with Crippen molar-refractivity contribution < 1.29 is 9.47 Å². The van der Waals surface area contributed by atoms with Crippen LogP contribution in [-0.4, -0.2) is 18.7 Å². The summed E-state index contributed by atoms with van der Waals surface area (Å²) >= 11 is 0. The average molecular weight is 258 g/mol. The maximum Gasteiger partial charge on any atom is 0.163 e. The maximum atomic E-state index is 5.54. The van der Waals surface area contributed by atoms with E-state index in [0.717, 1.165) is 29.3 Å². The number of nitrogens with zero attached hydrogens (tertiary/aromatic N) is 1. The third kappa shape index (κ3) is 3.61. The molecule has 1 aromatic heterocycles. The average Bonchev–Trinajstić information content (AvgIpc) is 2.47. The van der Waals surface area contributed by atoms with Crippen LogP contribution in [-0.2, 0) is 6.54 Å². The zero-order valence-electron chi connectivity index (χ0n) is 11.2. The van der Waals surface area contributed by atoms with Crippen molar-refractivity contribution in [3.8, 4) is 11.5 Å². The van der Waals surface area contributed by atoms with Crippen molar-refractivity contribution in [2.45, 2.75) is 13.5 Å². The second kappa shape index (κ2) is 6.64. The molecule has 19 heavy (non-hydrogen) atoms. The van der Waals surface area contributed by atoms with Gasteiger partial charge in [0.05, 0.1) is 13.7 Å². The second-order valence-electron chi connectivity index (χ2n) is 4.01. The van der Waals surface area contributed by atoms with E-state index in [9.17, 15) is 0 Å². The molecule has 100 valence electrons. The molecule has 0 fully saturated rings. The van der Waals surface area contributed by atoms with Gasteiger partial charge in [0.25, 0.3) is 0 Å². The topological polar surface area (TPSA) is 43.4 Å². The van der Waals surface area contributed by atoms with Crippen molar-refractivity contribution in [3.05, 3.63) is 48.3 Å². The van der Waals surface area contributed by atoms with Gasteiger partial charge in [-0.25, -0.2) is 0 Å². The molecule has 2 aromatic rings. The van der Waals surface area contributed by atoms with Crippen molar-refractivity contribution in [1.29, 1.82) is 0 Å². The van der Waals surface area contributed by atoms with Crippen LogP contribution >= 0.6 is 0 Å². The summed E-state index contributed by atoms with van der Waals surface area (Å²) in [5, 5.41) is 3.34. The van der Waals surface area contributed by atoms with Crippen LogP contribution in [0.4, 0.5) is 5.69 Å². The van der Waals surface area contributed by atoms with Gasteiger partial charge in [0.2, 0.25) is 0 Å². The molecular formula is C15H18N2O2. The highest BCUT2D eigenvalue weighted by Crippen LogP contribution is 2.30. The number of ether oxygens (including phenoxy) is 2. The Morgan fingerprint density at radius 1 is 1.21 bits per heavy atom. The minimum Gasteiger partial charge on any atom is -0.493 e. The molecule has 0 bridgehead atoms. The zero-order valence-corrected chi connectivity index (χ0v) is 11.2. The number of rotatable bonds is 6. The summed E-state index contributed by atoms with van der Waals surface area (Å²) in [7, 11) is 1.64. The maximum absolute atomic E-state index is 5.54. The standard InChI is InChI=1S/C15H18N2O2/c1-3-19-15-9-13(6-7-14(15)18-2)17-11-12-5-4-8-16-10-12/h4-10,17H,3,11H2,1-2H3. The van der Waals surface area contributed by atoms with Gasteiger partial charge in [0.1, 0.15) is 0 Å². The molecule has 4 nitrogen and oxygen atoms in total. The Labute approximate surface area is 113 Å². The van der Waals surface area contributed by atoms with E-state index >= 15 is 0 Å². The molecule has 0 aliphatic carbocycles. The Morgan fingerprint density at radius 3 is 2.79 bits per heavy atom. The van der Waals surface area contributed by atoms with Crippen molar-refractivity contribution in [3.63, 3.8) is 0 Å². The van der Waals surface area contributed by atoms with Crippen LogP contribution in [0.2, 0.25) is 0 Å². The number of methoxy groups -OCH3 is 1. The number of benzene rings is 1.